The van der Waals surface area contributed by atoms with E-state index in [4.69, 9.17) is 15.2 Å². The van der Waals surface area contributed by atoms with Crippen LogP contribution < -0.4 is 21.3 Å². The maximum absolute atomic E-state index is 13.1. The number of primary amides is 1. The highest BCUT2D eigenvalue weighted by atomic mass is 16.6. The Morgan fingerprint density at radius 1 is 1.23 bits per heavy atom. The Balaban J connectivity index is 1.47. The lowest BCUT2D eigenvalue weighted by atomic mass is 10.0. The number of anilines is 2. The van der Waals surface area contributed by atoms with E-state index in [2.05, 4.69) is 35.5 Å². The first-order chi connectivity index (χ1) is 20.4. The van der Waals surface area contributed by atoms with Crippen LogP contribution in [0.1, 0.15) is 71.1 Å². The number of benzene rings is 1. The number of aromatic nitrogens is 4. The summed E-state index contributed by atoms with van der Waals surface area (Å²) in [6.45, 7) is 10.3. The number of aromatic amines is 1. The number of fused-ring (bicyclic) bond motifs is 1. The Bertz CT molecular complexity index is 1480. The molecule has 5 N–H and O–H groups in total. The van der Waals surface area contributed by atoms with Gasteiger partial charge in [0.2, 0.25) is 11.8 Å². The Morgan fingerprint density at radius 2 is 2.02 bits per heavy atom. The van der Waals surface area contributed by atoms with Gasteiger partial charge in [-0.2, -0.15) is 0 Å². The molecule has 0 spiro atoms. The summed E-state index contributed by atoms with van der Waals surface area (Å²) in [6, 6.07) is 4.37. The summed E-state index contributed by atoms with van der Waals surface area (Å²) in [7, 11) is 0. The van der Waals surface area contributed by atoms with Crippen molar-refractivity contribution in [3.8, 4) is 0 Å². The minimum atomic E-state index is -1.21. The minimum Gasteiger partial charge on any atom is -0.444 e. The second-order valence-corrected chi connectivity index (χ2v) is 11.5. The fourth-order valence-corrected chi connectivity index (χ4v) is 5.03. The van der Waals surface area contributed by atoms with E-state index in [1.165, 1.54) is 6.33 Å². The molecule has 4 rings (SSSR count). The van der Waals surface area contributed by atoms with Crippen LogP contribution in [0, 0.1) is 0 Å². The molecule has 1 saturated heterocycles. The maximum Gasteiger partial charge on any atom is 0.408 e. The number of rotatable bonds is 11. The Hall–Kier alpha value is -4.52. The molecule has 3 aromatic rings. The Labute approximate surface area is 250 Å². The molecule has 0 saturated carbocycles. The number of imidazole rings is 1. The van der Waals surface area contributed by atoms with Crippen LogP contribution >= 0.6 is 0 Å². The van der Waals surface area contributed by atoms with Gasteiger partial charge < -0.3 is 35.7 Å². The number of amides is 3. The van der Waals surface area contributed by atoms with Gasteiger partial charge in [0.15, 0.2) is 11.5 Å². The second-order valence-electron chi connectivity index (χ2n) is 11.5. The highest BCUT2D eigenvalue weighted by Crippen LogP contribution is 2.31. The molecular formula is C30H40N8O5. The number of nitrogens with one attached hydrogen (secondary N) is 3. The van der Waals surface area contributed by atoms with Gasteiger partial charge in [-0.25, -0.2) is 19.7 Å². The fraction of sp³-hybridized carbons (Fsp3) is 0.467. The molecule has 3 unspecified atom stereocenters. The number of hydrogen-bond donors (Lipinski definition) is 4. The SMILES string of the molecule is CC=Cc1ccc(NC(=O)C(CC(N)=O)NC(=O)OC(C)(C)C)cc1C(C)OCC1CCCN1c1ncnc2nc[nH]c12. The van der Waals surface area contributed by atoms with Crippen molar-refractivity contribution in [3.05, 3.63) is 48.1 Å². The standard InChI is InChI=1S/C30H40N8O5/c1-6-8-19-10-11-20(36-28(40)23(14-24(31)39)37-29(41)43-30(3,4)5)13-22(19)18(2)42-15-21-9-7-12-38(21)27-25-26(33-16-32-25)34-17-35-27/h6,8,10-11,13,16-18,21,23H,7,9,12,14-15H2,1-5H3,(H2,31,39)(H,36,40)(H,37,41)(H,32,33,34,35). The summed E-state index contributed by atoms with van der Waals surface area (Å²) >= 11 is 0. The van der Waals surface area contributed by atoms with Gasteiger partial charge in [-0.3, -0.25) is 9.59 Å². The minimum absolute atomic E-state index is 0.116. The van der Waals surface area contributed by atoms with E-state index < -0.39 is 29.6 Å². The molecule has 13 nitrogen and oxygen atoms in total. The monoisotopic (exact) mass is 592 g/mol. The zero-order valence-electron chi connectivity index (χ0n) is 25.2. The van der Waals surface area contributed by atoms with Crippen molar-refractivity contribution >= 4 is 46.7 Å². The lowest BCUT2D eigenvalue weighted by Crippen LogP contribution is -2.47. The largest absolute Gasteiger partial charge is 0.444 e. The average molecular weight is 593 g/mol. The molecule has 1 fully saturated rings. The lowest BCUT2D eigenvalue weighted by molar-refractivity contribution is -0.124. The van der Waals surface area contributed by atoms with Crippen LogP contribution in [0.4, 0.5) is 16.3 Å². The van der Waals surface area contributed by atoms with Crippen molar-refractivity contribution in [3.63, 3.8) is 0 Å². The molecule has 0 aliphatic carbocycles. The molecule has 43 heavy (non-hydrogen) atoms. The highest BCUT2D eigenvalue weighted by molar-refractivity contribution is 5.99. The Kier molecular flexibility index (Phi) is 9.96. The van der Waals surface area contributed by atoms with E-state index in [0.29, 0.717) is 17.9 Å². The summed E-state index contributed by atoms with van der Waals surface area (Å²) in [5.41, 5.74) is 8.28. The smallest absolute Gasteiger partial charge is 0.408 e. The van der Waals surface area contributed by atoms with Gasteiger partial charge in [-0.15, -0.1) is 0 Å². The van der Waals surface area contributed by atoms with E-state index in [-0.39, 0.29) is 18.6 Å². The van der Waals surface area contributed by atoms with Gasteiger partial charge in [0.25, 0.3) is 0 Å². The maximum atomic E-state index is 13.1. The van der Waals surface area contributed by atoms with E-state index in [9.17, 15) is 14.4 Å². The zero-order valence-corrected chi connectivity index (χ0v) is 25.2. The summed E-state index contributed by atoms with van der Waals surface area (Å²) in [4.78, 5) is 55.4. The van der Waals surface area contributed by atoms with Crippen LogP contribution in [0.15, 0.2) is 36.9 Å². The third-order valence-electron chi connectivity index (χ3n) is 6.94. The van der Waals surface area contributed by atoms with Gasteiger partial charge in [0.05, 0.1) is 31.5 Å². The predicted octanol–water partition coefficient (Wildman–Crippen LogP) is 3.84. The van der Waals surface area contributed by atoms with Gasteiger partial charge in [-0.05, 0) is 70.7 Å². The first-order valence-electron chi connectivity index (χ1n) is 14.3. The van der Waals surface area contributed by atoms with Crippen LogP contribution in [0.3, 0.4) is 0 Å². The van der Waals surface area contributed by atoms with Gasteiger partial charge in [0, 0.05) is 12.2 Å². The van der Waals surface area contributed by atoms with Crippen LogP contribution in [0.2, 0.25) is 0 Å². The first kappa shape index (κ1) is 31.4. The summed E-state index contributed by atoms with van der Waals surface area (Å²) in [5.74, 6) is -0.524. The molecule has 1 aromatic carbocycles. The number of allylic oxidation sites excluding steroid dienone is 1. The molecule has 2 aromatic heterocycles. The number of nitrogens with two attached hydrogens (primary N) is 1. The number of carbonyl (C=O) groups excluding carboxylic acids is 3. The molecule has 1 aliphatic heterocycles. The van der Waals surface area contributed by atoms with E-state index >= 15 is 0 Å². The molecule has 0 bridgehead atoms. The second kappa shape index (κ2) is 13.6. The third-order valence-corrected chi connectivity index (χ3v) is 6.94. The molecule has 3 atom stereocenters. The van der Waals surface area contributed by atoms with Crippen molar-refractivity contribution in [2.75, 3.05) is 23.4 Å². The topological polar surface area (TPSA) is 177 Å². The molecule has 3 heterocycles. The van der Waals surface area contributed by atoms with E-state index in [1.54, 1.807) is 33.2 Å². The number of ether oxygens (including phenoxy) is 2. The van der Waals surface area contributed by atoms with Gasteiger partial charge >= 0.3 is 6.09 Å². The summed E-state index contributed by atoms with van der Waals surface area (Å²) in [6.07, 6.45) is 7.48. The molecule has 0 radical (unpaired) electrons. The predicted molar refractivity (Wildman–Crippen MR) is 163 cm³/mol. The van der Waals surface area contributed by atoms with Crippen LogP contribution in [0.5, 0.6) is 0 Å². The van der Waals surface area contributed by atoms with Crippen molar-refractivity contribution in [1.82, 2.24) is 25.3 Å². The van der Waals surface area contributed by atoms with Gasteiger partial charge in [-0.1, -0.05) is 18.2 Å². The number of hydrogen-bond acceptors (Lipinski definition) is 9. The third kappa shape index (κ3) is 8.28. The first-order valence-corrected chi connectivity index (χ1v) is 14.3. The van der Waals surface area contributed by atoms with E-state index in [1.807, 2.05) is 38.1 Å². The van der Waals surface area contributed by atoms with Crippen molar-refractivity contribution in [2.45, 2.75) is 77.7 Å². The van der Waals surface area contributed by atoms with E-state index in [0.717, 1.165) is 41.8 Å². The average Bonchev–Trinajstić information content (AvgIpc) is 3.60. The number of H-pyrrole nitrogens is 1. The molecule has 13 heteroatoms. The molecule has 3 amide bonds. The van der Waals surface area contributed by atoms with Crippen molar-refractivity contribution in [2.24, 2.45) is 5.73 Å². The van der Waals surface area contributed by atoms with Gasteiger partial charge in [0.1, 0.15) is 23.5 Å². The Morgan fingerprint density at radius 3 is 2.74 bits per heavy atom. The van der Waals surface area contributed by atoms with Crippen LogP contribution in [-0.2, 0) is 19.1 Å². The molecule has 230 valence electrons. The molecular weight excluding hydrogens is 552 g/mol. The molecule has 1 aliphatic rings. The zero-order chi connectivity index (χ0) is 31.1. The fourth-order valence-electron chi connectivity index (χ4n) is 5.03. The highest BCUT2D eigenvalue weighted by Gasteiger charge is 2.29. The number of nitrogens with zero attached hydrogens (tertiary/aromatic N) is 4. The van der Waals surface area contributed by atoms with Crippen molar-refractivity contribution < 1.29 is 23.9 Å². The van der Waals surface area contributed by atoms with Crippen molar-refractivity contribution in [1.29, 1.82) is 0 Å². The number of carbonyl (C=O) groups is 3. The van der Waals surface area contributed by atoms with Crippen LogP contribution in [-0.4, -0.2) is 68.7 Å². The lowest BCUT2D eigenvalue weighted by Gasteiger charge is -2.27. The van der Waals surface area contributed by atoms with Crippen LogP contribution in [0.25, 0.3) is 17.2 Å². The number of alkyl carbamates (subject to hydrolysis) is 1. The normalized spacial score (nSPS) is 16.8. The summed E-state index contributed by atoms with van der Waals surface area (Å²) in [5, 5.41) is 5.23. The summed E-state index contributed by atoms with van der Waals surface area (Å²) < 4.78 is 11.7. The quantitative estimate of drug-likeness (QED) is 0.257.